The number of nitrogens with zero attached hydrogens (tertiary/aromatic N) is 5. The molecule has 0 atom stereocenters. The lowest BCUT2D eigenvalue weighted by molar-refractivity contribution is 0.0588. The van der Waals surface area contributed by atoms with E-state index >= 15 is 0 Å². The fourth-order valence-electron chi connectivity index (χ4n) is 2.50. The predicted molar refractivity (Wildman–Crippen MR) is 125 cm³/mol. The Morgan fingerprint density at radius 3 is 2.35 bits per heavy atom. The number of carbonyl (C=O) groups is 2. The number of carbonyl (C=O) groups excluding carboxylic acids is 2. The van der Waals surface area contributed by atoms with Crippen LogP contribution in [-0.2, 0) is 4.74 Å². The number of anilines is 2. The molecule has 0 bridgehead atoms. The maximum Gasteiger partial charge on any atom is 0.415 e. The SMILES string of the molecule is CN(C(=O)OC(C)(C)C)c1cc(-c2csc(N(C)C(=O)c3ccc(Br)cc3)n2)ncn1. The number of amides is 2. The van der Waals surface area contributed by atoms with Gasteiger partial charge in [0.05, 0.1) is 5.69 Å². The Hall–Kier alpha value is -2.85. The van der Waals surface area contributed by atoms with Gasteiger partial charge in [0.1, 0.15) is 23.4 Å². The number of aromatic nitrogens is 3. The summed E-state index contributed by atoms with van der Waals surface area (Å²) < 4.78 is 6.28. The van der Waals surface area contributed by atoms with Crippen LogP contribution >= 0.6 is 27.3 Å². The highest BCUT2D eigenvalue weighted by Crippen LogP contribution is 2.28. The van der Waals surface area contributed by atoms with Crippen LogP contribution in [0.3, 0.4) is 0 Å². The van der Waals surface area contributed by atoms with Crippen molar-refractivity contribution in [2.75, 3.05) is 23.9 Å². The van der Waals surface area contributed by atoms with E-state index < -0.39 is 11.7 Å². The van der Waals surface area contributed by atoms with Gasteiger partial charge in [-0.25, -0.2) is 19.7 Å². The molecule has 2 amide bonds. The van der Waals surface area contributed by atoms with E-state index in [1.807, 2.05) is 12.1 Å². The molecule has 0 aliphatic carbocycles. The van der Waals surface area contributed by atoms with Crippen molar-refractivity contribution in [1.29, 1.82) is 0 Å². The first kappa shape index (κ1) is 22.8. The Morgan fingerprint density at radius 1 is 1.03 bits per heavy atom. The summed E-state index contributed by atoms with van der Waals surface area (Å²) >= 11 is 4.69. The van der Waals surface area contributed by atoms with Crippen molar-refractivity contribution in [2.24, 2.45) is 0 Å². The minimum Gasteiger partial charge on any atom is -0.443 e. The van der Waals surface area contributed by atoms with Crippen LogP contribution in [0, 0.1) is 0 Å². The van der Waals surface area contributed by atoms with Gasteiger partial charge in [-0.2, -0.15) is 0 Å². The second-order valence-corrected chi connectivity index (χ2v) is 9.44. The summed E-state index contributed by atoms with van der Waals surface area (Å²) in [5.74, 6) is 0.217. The second kappa shape index (κ2) is 9.11. The number of halogens is 1. The van der Waals surface area contributed by atoms with Gasteiger partial charge in [0.2, 0.25) is 0 Å². The summed E-state index contributed by atoms with van der Waals surface area (Å²) in [4.78, 5) is 40.8. The van der Waals surface area contributed by atoms with Gasteiger partial charge < -0.3 is 4.74 Å². The molecule has 10 heteroatoms. The Labute approximate surface area is 193 Å². The molecule has 3 rings (SSSR count). The monoisotopic (exact) mass is 503 g/mol. The highest BCUT2D eigenvalue weighted by atomic mass is 79.9. The zero-order valence-electron chi connectivity index (χ0n) is 17.8. The largest absolute Gasteiger partial charge is 0.443 e. The summed E-state index contributed by atoms with van der Waals surface area (Å²) in [5, 5.41) is 2.34. The molecule has 162 valence electrons. The molecule has 3 aromatic rings. The van der Waals surface area contributed by atoms with Crippen molar-refractivity contribution in [3.05, 3.63) is 52.1 Å². The first-order chi connectivity index (χ1) is 14.5. The van der Waals surface area contributed by atoms with Crippen LogP contribution in [0.1, 0.15) is 31.1 Å². The lowest BCUT2D eigenvalue weighted by atomic mass is 10.2. The van der Waals surface area contributed by atoms with Crippen molar-refractivity contribution in [1.82, 2.24) is 15.0 Å². The van der Waals surface area contributed by atoms with E-state index in [0.29, 0.717) is 27.9 Å². The van der Waals surface area contributed by atoms with Gasteiger partial charge in [0.15, 0.2) is 5.13 Å². The van der Waals surface area contributed by atoms with Crippen molar-refractivity contribution in [2.45, 2.75) is 26.4 Å². The van der Waals surface area contributed by atoms with Crippen LogP contribution in [0.5, 0.6) is 0 Å². The fourth-order valence-corrected chi connectivity index (χ4v) is 3.55. The quantitative estimate of drug-likeness (QED) is 0.497. The summed E-state index contributed by atoms with van der Waals surface area (Å²) in [6, 6.07) is 8.79. The van der Waals surface area contributed by atoms with Crippen LogP contribution in [0.4, 0.5) is 15.7 Å². The van der Waals surface area contributed by atoms with Gasteiger partial charge in [-0.1, -0.05) is 15.9 Å². The van der Waals surface area contributed by atoms with Gasteiger partial charge in [0.25, 0.3) is 5.91 Å². The minimum absolute atomic E-state index is 0.165. The van der Waals surface area contributed by atoms with E-state index in [2.05, 4.69) is 30.9 Å². The van der Waals surface area contributed by atoms with E-state index in [0.717, 1.165) is 4.47 Å². The Morgan fingerprint density at radius 2 is 1.71 bits per heavy atom. The van der Waals surface area contributed by atoms with E-state index in [9.17, 15) is 9.59 Å². The molecular weight excluding hydrogens is 482 g/mol. The zero-order chi connectivity index (χ0) is 22.8. The molecule has 0 N–H and O–H groups in total. The van der Waals surface area contributed by atoms with E-state index in [1.165, 1.54) is 27.5 Å². The number of rotatable bonds is 4. The average molecular weight is 504 g/mol. The number of hydrogen-bond donors (Lipinski definition) is 0. The van der Waals surface area contributed by atoms with Gasteiger partial charge in [-0.3, -0.25) is 14.6 Å². The van der Waals surface area contributed by atoms with Crippen LogP contribution < -0.4 is 9.80 Å². The van der Waals surface area contributed by atoms with Gasteiger partial charge >= 0.3 is 6.09 Å². The Bertz CT molecular complexity index is 1090. The molecule has 0 aliphatic heterocycles. The standard InChI is InChI=1S/C21H22BrN5O3S/c1-21(2,3)30-20(29)26(4)17-10-15(23-12-24-17)16-11-31-19(25-16)27(5)18(28)13-6-8-14(22)9-7-13/h6-12H,1-5H3. The normalized spacial score (nSPS) is 11.2. The van der Waals surface area contributed by atoms with Crippen LogP contribution in [0.15, 0.2) is 46.5 Å². The molecule has 0 saturated carbocycles. The van der Waals surface area contributed by atoms with Gasteiger partial charge in [-0.15, -0.1) is 11.3 Å². The first-order valence-corrected chi connectivity index (χ1v) is 11.0. The van der Waals surface area contributed by atoms with Crippen LogP contribution in [0.25, 0.3) is 11.4 Å². The molecule has 0 unspecified atom stereocenters. The number of benzene rings is 1. The maximum absolute atomic E-state index is 12.7. The molecule has 2 aromatic heterocycles. The van der Waals surface area contributed by atoms with E-state index in [1.54, 1.807) is 58.4 Å². The van der Waals surface area contributed by atoms with Crippen molar-refractivity contribution < 1.29 is 14.3 Å². The molecule has 8 nitrogen and oxygen atoms in total. The van der Waals surface area contributed by atoms with Crippen LogP contribution in [-0.4, -0.2) is 46.6 Å². The number of ether oxygens (including phenoxy) is 1. The summed E-state index contributed by atoms with van der Waals surface area (Å²) in [7, 11) is 3.26. The lowest BCUT2D eigenvalue weighted by Gasteiger charge is -2.24. The molecule has 0 saturated heterocycles. The Kier molecular flexibility index (Phi) is 6.71. The van der Waals surface area contributed by atoms with E-state index in [-0.39, 0.29) is 5.91 Å². The van der Waals surface area contributed by atoms with Crippen molar-refractivity contribution >= 4 is 50.2 Å². The second-order valence-electron chi connectivity index (χ2n) is 7.69. The first-order valence-electron chi connectivity index (χ1n) is 9.33. The summed E-state index contributed by atoms with van der Waals surface area (Å²) in [5.41, 5.74) is 1.06. The highest BCUT2D eigenvalue weighted by Gasteiger charge is 2.22. The molecule has 0 spiro atoms. The average Bonchev–Trinajstić information content (AvgIpc) is 3.22. The smallest absolute Gasteiger partial charge is 0.415 e. The topological polar surface area (TPSA) is 88.5 Å². The van der Waals surface area contributed by atoms with Crippen molar-refractivity contribution in [3.63, 3.8) is 0 Å². The Balaban J connectivity index is 1.79. The number of hydrogen-bond acceptors (Lipinski definition) is 7. The predicted octanol–water partition coefficient (Wildman–Crippen LogP) is 5.01. The molecule has 2 heterocycles. The summed E-state index contributed by atoms with van der Waals surface area (Å²) in [6.45, 7) is 5.40. The molecule has 0 radical (unpaired) electrons. The van der Waals surface area contributed by atoms with Crippen molar-refractivity contribution in [3.8, 4) is 11.4 Å². The molecule has 0 fully saturated rings. The lowest BCUT2D eigenvalue weighted by Crippen LogP contribution is -2.34. The third kappa shape index (κ3) is 5.65. The third-order valence-electron chi connectivity index (χ3n) is 4.10. The fraction of sp³-hybridized carbons (Fsp3) is 0.286. The number of thiazole rings is 1. The summed E-state index contributed by atoms with van der Waals surface area (Å²) in [6.07, 6.45) is 0.845. The van der Waals surface area contributed by atoms with Gasteiger partial charge in [-0.05, 0) is 45.0 Å². The molecule has 31 heavy (non-hydrogen) atoms. The molecular formula is C21H22BrN5O3S. The van der Waals surface area contributed by atoms with Gasteiger partial charge in [0, 0.05) is 35.6 Å². The van der Waals surface area contributed by atoms with Crippen LogP contribution in [0.2, 0.25) is 0 Å². The highest BCUT2D eigenvalue weighted by molar-refractivity contribution is 9.10. The zero-order valence-corrected chi connectivity index (χ0v) is 20.2. The third-order valence-corrected chi connectivity index (χ3v) is 5.55. The van der Waals surface area contributed by atoms with E-state index in [4.69, 9.17) is 4.74 Å². The molecule has 0 aliphatic rings. The molecule has 1 aromatic carbocycles. The minimum atomic E-state index is -0.614. The maximum atomic E-state index is 12.7.